The standard InChI is InChI=1S/C13H18N2O2/c1-17-9-11-4-2-10(3-5-11)6-15-13(16)12-7-14-8-12/h2-5,12,14H,6-9H2,1H3,(H,15,16). The molecule has 0 bridgehead atoms. The van der Waals surface area contributed by atoms with E-state index in [0.29, 0.717) is 13.2 Å². The molecule has 4 heteroatoms. The summed E-state index contributed by atoms with van der Waals surface area (Å²) >= 11 is 0. The highest BCUT2D eigenvalue weighted by Crippen LogP contribution is 2.07. The molecule has 0 aliphatic carbocycles. The average Bonchev–Trinajstić information content (AvgIpc) is 2.26. The lowest BCUT2D eigenvalue weighted by atomic mass is 10.0. The van der Waals surface area contributed by atoms with Gasteiger partial charge < -0.3 is 15.4 Å². The van der Waals surface area contributed by atoms with Crippen molar-refractivity contribution in [2.75, 3.05) is 20.2 Å². The largest absolute Gasteiger partial charge is 0.380 e. The lowest BCUT2D eigenvalue weighted by Gasteiger charge is -2.25. The van der Waals surface area contributed by atoms with Crippen LogP contribution < -0.4 is 10.6 Å². The van der Waals surface area contributed by atoms with Gasteiger partial charge in [0.25, 0.3) is 0 Å². The van der Waals surface area contributed by atoms with Crippen LogP contribution in [0.15, 0.2) is 24.3 Å². The van der Waals surface area contributed by atoms with Crippen molar-refractivity contribution in [3.05, 3.63) is 35.4 Å². The molecule has 17 heavy (non-hydrogen) atoms. The minimum absolute atomic E-state index is 0.143. The van der Waals surface area contributed by atoms with Gasteiger partial charge in [0.2, 0.25) is 5.91 Å². The molecule has 1 aromatic rings. The van der Waals surface area contributed by atoms with Gasteiger partial charge in [-0.05, 0) is 11.1 Å². The predicted octanol–water partition coefficient (Wildman–Crippen LogP) is 0.669. The first-order valence-electron chi connectivity index (χ1n) is 5.85. The first-order valence-corrected chi connectivity index (χ1v) is 5.85. The molecule has 1 aliphatic heterocycles. The van der Waals surface area contributed by atoms with Crippen LogP contribution in [0.25, 0.3) is 0 Å². The topological polar surface area (TPSA) is 50.4 Å². The summed E-state index contributed by atoms with van der Waals surface area (Å²) in [5.41, 5.74) is 2.26. The number of ether oxygens (including phenoxy) is 1. The maximum atomic E-state index is 11.6. The Labute approximate surface area is 101 Å². The fraction of sp³-hybridized carbons (Fsp3) is 0.462. The van der Waals surface area contributed by atoms with E-state index in [0.717, 1.165) is 24.2 Å². The molecule has 1 amide bonds. The molecule has 2 N–H and O–H groups in total. The second kappa shape index (κ2) is 5.80. The van der Waals surface area contributed by atoms with Crippen LogP contribution >= 0.6 is 0 Å². The summed E-state index contributed by atoms with van der Waals surface area (Å²) in [5, 5.41) is 6.03. The number of hydrogen-bond donors (Lipinski definition) is 2. The van der Waals surface area contributed by atoms with Gasteiger partial charge in [-0.25, -0.2) is 0 Å². The number of nitrogens with one attached hydrogen (secondary N) is 2. The monoisotopic (exact) mass is 234 g/mol. The summed E-state index contributed by atoms with van der Waals surface area (Å²) in [4.78, 5) is 11.6. The van der Waals surface area contributed by atoms with Gasteiger partial charge in [0.05, 0.1) is 12.5 Å². The van der Waals surface area contributed by atoms with Crippen LogP contribution in [0.3, 0.4) is 0 Å². The summed E-state index contributed by atoms with van der Waals surface area (Å²) in [6.07, 6.45) is 0. The van der Waals surface area contributed by atoms with Crippen molar-refractivity contribution in [2.24, 2.45) is 5.92 Å². The van der Waals surface area contributed by atoms with Gasteiger partial charge in [0, 0.05) is 26.7 Å². The highest BCUT2D eigenvalue weighted by Gasteiger charge is 2.24. The van der Waals surface area contributed by atoms with Crippen LogP contribution in [-0.2, 0) is 22.7 Å². The minimum Gasteiger partial charge on any atom is -0.380 e. The number of methoxy groups -OCH3 is 1. The number of amides is 1. The summed E-state index contributed by atoms with van der Waals surface area (Å²) in [6.45, 7) is 2.83. The lowest BCUT2D eigenvalue weighted by Crippen LogP contribution is -2.50. The zero-order valence-electron chi connectivity index (χ0n) is 10.0. The van der Waals surface area contributed by atoms with Gasteiger partial charge in [-0.1, -0.05) is 24.3 Å². The number of carbonyl (C=O) groups is 1. The zero-order chi connectivity index (χ0) is 12.1. The van der Waals surface area contributed by atoms with Crippen LogP contribution in [0.1, 0.15) is 11.1 Å². The summed E-state index contributed by atoms with van der Waals surface area (Å²) in [7, 11) is 1.68. The van der Waals surface area contributed by atoms with Crippen LogP contribution in [0.5, 0.6) is 0 Å². The molecule has 0 aromatic heterocycles. The Balaban J connectivity index is 1.80. The first kappa shape index (κ1) is 12.1. The van der Waals surface area contributed by atoms with Gasteiger partial charge in [-0.2, -0.15) is 0 Å². The molecular formula is C13H18N2O2. The highest BCUT2D eigenvalue weighted by atomic mass is 16.5. The quantitative estimate of drug-likeness (QED) is 0.787. The van der Waals surface area contributed by atoms with Gasteiger partial charge in [0.1, 0.15) is 0 Å². The fourth-order valence-electron chi connectivity index (χ4n) is 1.73. The zero-order valence-corrected chi connectivity index (χ0v) is 10.0. The van der Waals surface area contributed by atoms with Crippen molar-refractivity contribution >= 4 is 5.91 Å². The van der Waals surface area contributed by atoms with E-state index in [1.54, 1.807) is 7.11 Å². The van der Waals surface area contributed by atoms with E-state index in [1.165, 1.54) is 0 Å². The molecule has 1 aromatic carbocycles. The third kappa shape index (κ3) is 3.28. The molecule has 0 atom stereocenters. The Morgan fingerprint density at radius 2 is 2.00 bits per heavy atom. The van der Waals surface area contributed by atoms with E-state index in [2.05, 4.69) is 10.6 Å². The molecular weight excluding hydrogens is 216 g/mol. The number of benzene rings is 1. The van der Waals surface area contributed by atoms with E-state index in [-0.39, 0.29) is 11.8 Å². The van der Waals surface area contributed by atoms with E-state index in [9.17, 15) is 4.79 Å². The normalized spacial score (nSPS) is 15.4. The van der Waals surface area contributed by atoms with Crippen LogP contribution in [-0.4, -0.2) is 26.1 Å². The SMILES string of the molecule is COCc1ccc(CNC(=O)C2CNC2)cc1. The van der Waals surface area contributed by atoms with Gasteiger partial charge in [-0.3, -0.25) is 4.79 Å². The molecule has 1 aliphatic rings. The summed E-state index contributed by atoms with van der Waals surface area (Å²) in [6, 6.07) is 8.09. The Kier molecular flexibility index (Phi) is 4.12. The van der Waals surface area contributed by atoms with Crippen LogP contribution in [0.2, 0.25) is 0 Å². The smallest absolute Gasteiger partial charge is 0.225 e. The van der Waals surface area contributed by atoms with Crippen molar-refractivity contribution in [2.45, 2.75) is 13.2 Å². The Hall–Kier alpha value is -1.39. The number of hydrogen-bond acceptors (Lipinski definition) is 3. The van der Waals surface area contributed by atoms with Crippen molar-refractivity contribution < 1.29 is 9.53 Å². The average molecular weight is 234 g/mol. The van der Waals surface area contributed by atoms with Crippen molar-refractivity contribution in [3.8, 4) is 0 Å². The van der Waals surface area contributed by atoms with Gasteiger partial charge in [0.15, 0.2) is 0 Å². The van der Waals surface area contributed by atoms with Crippen molar-refractivity contribution in [3.63, 3.8) is 0 Å². The molecule has 1 saturated heterocycles. The Morgan fingerprint density at radius 1 is 1.35 bits per heavy atom. The second-order valence-electron chi connectivity index (χ2n) is 4.32. The molecule has 4 nitrogen and oxygen atoms in total. The van der Waals surface area contributed by atoms with E-state index < -0.39 is 0 Å². The molecule has 0 radical (unpaired) electrons. The minimum atomic E-state index is 0.143. The summed E-state index contributed by atoms with van der Waals surface area (Å²) < 4.78 is 5.04. The van der Waals surface area contributed by atoms with Gasteiger partial charge in [-0.15, -0.1) is 0 Å². The highest BCUT2D eigenvalue weighted by molar-refractivity contribution is 5.79. The lowest BCUT2D eigenvalue weighted by molar-refractivity contribution is -0.126. The van der Waals surface area contributed by atoms with Crippen LogP contribution in [0, 0.1) is 5.92 Å². The summed E-state index contributed by atoms with van der Waals surface area (Å²) in [5.74, 6) is 0.299. The molecule has 1 heterocycles. The molecule has 0 unspecified atom stereocenters. The fourth-order valence-corrected chi connectivity index (χ4v) is 1.73. The molecule has 92 valence electrons. The molecule has 0 spiro atoms. The number of carbonyl (C=O) groups excluding carboxylic acids is 1. The van der Waals surface area contributed by atoms with Crippen molar-refractivity contribution in [1.82, 2.24) is 10.6 Å². The van der Waals surface area contributed by atoms with E-state index >= 15 is 0 Å². The van der Waals surface area contributed by atoms with E-state index in [4.69, 9.17) is 4.74 Å². The Morgan fingerprint density at radius 3 is 2.53 bits per heavy atom. The third-order valence-corrected chi connectivity index (χ3v) is 2.95. The van der Waals surface area contributed by atoms with Gasteiger partial charge >= 0.3 is 0 Å². The third-order valence-electron chi connectivity index (χ3n) is 2.95. The van der Waals surface area contributed by atoms with Crippen molar-refractivity contribution in [1.29, 1.82) is 0 Å². The first-order chi connectivity index (χ1) is 8.29. The molecule has 0 saturated carbocycles. The Bertz CT molecular complexity index is 372. The van der Waals surface area contributed by atoms with Crippen LogP contribution in [0.4, 0.5) is 0 Å². The predicted molar refractivity (Wildman–Crippen MR) is 65.4 cm³/mol. The maximum Gasteiger partial charge on any atom is 0.225 e. The molecule has 1 fully saturated rings. The second-order valence-corrected chi connectivity index (χ2v) is 4.32. The number of rotatable bonds is 5. The van der Waals surface area contributed by atoms with E-state index in [1.807, 2.05) is 24.3 Å². The molecule has 2 rings (SSSR count). The maximum absolute atomic E-state index is 11.6.